The summed E-state index contributed by atoms with van der Waals surface area (Å²) in [7, 11) is 1.59. The number of carbonyl (C=O) groups excluding carboxylic acids is 3. The quantitative estimate of drug-likeness (QED) is 0.601. The second kappa shape index (κ2) is 10.8. The topological polar surface area (TPSA) is 84.9 Å². The maximum Gasteiger partial charge on any atom is 0.312 e. The van der Waals surface area contributed by atoms with Gasteiger partial charge in [0.1, 0.15) is 5.75 Å². The van der Waals surface area contributed by atoms with Gasteiger partial charge in [0.25, 0.3) is 5.91 Å². The molecule has 1 aliphatic heterocycles. The van der Waals surface area contributed by atoms with Crippen molar-refractivity contribution in [1.82, 2.24) is 4.90 Å². The number of hydrogen-bond acceptors (Lipinski definition) is 5. The molecule has 170 valence electrons. The van der Waals surface area contributed by atoms with Crippen LogP contribution in [0.5, 0.6) is 5.75 Å². The number of amides is 2. The second-order valence-electron chi connectivity index (χ2n) is 7.99. The van der Waals surface area contributed by atoms with E-state index in [1.165, 1.54) is 0 Å². The number of anilines is 1. The van der Waals surface area contributed by atoms with Gasteiger partial charge in [0.2, 0.25) is 5.91 Å². The van der Waals surface area contributed by atoms with Crippen LogP contribution in [0.25, 0.3) is 0 Å². The molecule has 3 rings (SSSR count). The molecule has 2 atom stereocenters. The first-order valence-corrected chi connectivity index (χ1v) is 10.9. The first kappa shape index (κ1) is 23.3. The molecule has 2 unspecified atom stereocenters. The monoisotopic (exact) mass is 438 g/mol. The van der Waals surface area contributed by atoms with Gasteiger partial charge in [-0.05, 0) is 43.2 Å². The van der Waals surface area contributed by atoms with E-state index >= 15 is 0 Å². The van der Waals surface area contributed by atoms with Gasteiger partial charge in [-0.15, -0.1) is 0 Å². The summed E-state index contributed by atoms with van der Waals surface area (Å²) in [6, 6.07) is 14.3. The van der Waals surface area contributed by atoms with Crippen LogP contribution in [0.15, 0.2) is 48.5 Å². The van der Waals surface area contributed by atoms with Crippen LogP contribution in [0.4, 0.5) is 5.69 Å². The molecule has 0 radical (unpaired) electrons. The fraction of sp³-hybridized carbons (Fsp3) is 0.400. The van der Waals surface area contributed by atoms with Crippen LogP contribution in [0.1, 0.15) is 43.4 Å². The number of aryl methyl sites for hydroxylation is 1. The highest BCUT2D eigenvalue weighted by atomic mass is 16.5. The Labute approximate surface area is 188 Å². The van der Waals surface area contributed by atoms with Crippen molar-refractivity contribution in [3.05, 3.63) is 59.7 Å². The van der Waals surface area contributed by atoms with Crippen LogP contribution >= 0.6 is 0 Å². The van der Waals surface area contributed by atoms with Crippen molar-refractivity contribution < 1.29 is 23.9 Å². The molecular weight excluding hydrogens is 408 g/mol. The summed E-state index contributed by atoms with van der Waals surface area (Å²) in [5.74, 6) is -1.01. The molecule has 1 N–H and O–H groups in total. The van der Waals surface area contributed by atoms with E-state index < -0.39 is 30.4 Å². The molecule has 1 fully saturated rings. The first-order valence-electron chi connectivity index (χ1n) is 10.9. The van der Waals surface area contributed by atoms with Crippen molar-refractivity contribution >= 4 is 23.5 Å². The third-order valence-electron chi connectivity index (χ3n) is 5.63. The van der Waals surface area contributed by atoms with Gasteiger partial charge in [-0.3, -0.25) is 14.4 Å². The minimum Gasteiger partial charge on any atom is -0.497 e. The molecule has 0 spiro atoms. The number of ether oxygens (including phenoxy) is 2. The normalized spacial score (nSPS) is 17.8. The molecule has 1 saturated heterocycles. The molecule has 0 saturated carbocycles. The lowest BCUT2D eigenvalue weighted by Gasteiger charge is -2.28. The second-order valence-corrected chi connectivity index (χ2v) is 7.99. The van der Waals surface area contributed by atoms with E-state index in [1.807, 2.05) is 43.3 Å². The molecule has 7 nitrogen and oxygen atoms in total. The summed E-state index contributed by atoms with van der Waals surface area (Å²) in [5.41, 5.74) is 2.56. The average Bonchev–Trinajstić information content (AvgIpc) is 3.13. The highest BCUT2D eigenvalue weighted by Gasteiger charge is 2.45. The summed E-state index contributed by atoms with van der Waals surface area (Å²) >= 11 is 0. The van der Waals surface area contributed by atoms with Crippen LogP contribution in [0, 0.1) is 12.8 Å². The highest BCUT2D eigenvalue weighted by molar-refractivity contribution is 5.94. The first-order chi connectivity index (χ1) is 15.4. The van der Waals surface area contributed by atoms with Crippen LogP contribution in [-0.2, 0) is 19.1 Å². The molecular formula is C25H30N2O5. The van der Waals surface area contributed by atoms with E-state index in [-0.39, 0.29) is 12.3 Å². The average molecular weight is 439 g/mol. The van der Waals surface area contributed by atoms with Crippen LogP contribution < -0.4 is 10.1 Å². The SMILES string of the molecule is CCCCN1C(=O)CC(C(=O)OCC(=O)Nc2ccc(C)cc2)C1c1ccc(OC)cc1. The van der Waals surface area contributed by atoms with Gasteiger partial charge in [0, 0.05) is 18.7 Å². The van der Waals surface area contributed by atoms with Gasteiger partial charge in [-0.25, -0.2) is 0 Å². The molecule has 32 heavy (non-hydrogen) atoms. The van der Waals surface area contributed by atoms with Crippen molar-refractivity contribution in [3.63, 3.8) is 0 Å². The lowest BCUT2D eigenvalue weighted by molar-refractivity contribution is -0.152. The van der Waals surface area contributed by atoms with Gasteiger partial charge in [-0.1, -0.05) is 43.2 Å². The maximum absolute atomic E-state index is 12.9. The Bertz CT molecular complexity index is 940. The minimum atomic E-state index is -0.667. The van der Waals surface area contributed by atoms with Gasteiger partial charge in [0.15, 0.2) is 6.61 Å². The zero-order chi connectivity index (χ0) is 23.1. The predicted molar refractivity (Wildman–Crippen MR) is 121 cm³/mol. The summed E-state index contributed by atoms with van der Waals surface area (Å²) in [5, 5.41) is 2.71. The number of hydrogen-bond donors (Lipinski definition) is 1. The van der Waals surface area contributed by atoms with Gasteiger partial charge >= 0.3 is 5.97 Å². The smallest absolute Gasteiger partial charge is 0.312 e. The van der Waals surface area contributed by atoms with Gasteiger partial charge in [0.05, 0.1) is 19.1 Å². The number of carbonyl (C=O) groups is 3. The molecule has 1 aliphatic rings. The molecule has 0 bridgehead atoms. The van der Waals surface area contributed by atoms with Crippen molar-refractivity contribution in [1.29, 1.82) is 0 Å². The standard InChI is InChI=1S/C25H30N2O5/c1-4-5-14-27-23(29)15-21(24(27)18-8-12-20(31-3)13-9-18)25(30)32-16-22(28)26-19-10-6-17(2)7-11-19/h6-13,21,24H,4-5,14-16H2,1-3H3,(H,26,28). The van der Waals surface area contributed by atoms with Gasteiger partial charge in [-0.2, -0.15) is 0 Å². The molecule has 2 aromatic carbocycles. The summed E-state index contributed by atoms with van der Waals surface area (Å²) in [6.45, 7) is 4.19. The Morgan fingerprint density at radius 2 is 1.78 bits per heavy atom. The van der Waals surface area contributed by atoms with Crippen molar-refractivity contribution in [2.45, 2.75) is 39.2 Å². The predicted octanol–water partition coefficient (Wildman–Crippen LogP) is 3.88. The Kier molecular flexibility index (Phi) is 7.87. The number of nitrogens with one attached hydrogen (secondary N) is 1. The maximum atomic E-state index is 12.9. The lowest BCUT2D eigenvalue weighted by atomic mass is 9.93. The molecule has 1 heterocycles. The van der Waals surface area contributed by atoms with Crippen molar-refractivity contribution in [2.75, 3.05) is 25.6 Å². The Balaban J connectivity index is 1.69. The van der Waals surface area contributed by atoms with Crippen molar-refractivity contribution in [2.24, 2.45) is 5.92 Å². The Morgan fingerprint density at radius 1 is 1.09 bits per heavy atom. The summed E-state index contributed by atoms with van der Waals surface area (Å²) in [4.78, 5) is 39.6. The number of methoxy groups -OCH3 is 1. The minimum absolute atomic E-state index is 0.0683. The highest BCUT2D eigenvalue weighted by Crippen LogP contribution is 2.39. The lowest BCUT2D eigenvalue weighted by Crippen LogP contribution is -2.32. The fourth-order valence-corrected chi connectivity index (χ4v) is 3.88. The van der Waals surface area contributed by atoms with E-state index in [0.717, 1.165) is 24.0 Å². The van der Waals surface area contributed by atoms with Crippen molar-refractivity contribution in [3.8, 4) is 5.75 Å². The largest absolute Gasteiger partial charge is 0.497 e. The number of esters is 1. The Hall–Kier alpha value is -3.35. The number of nitrogens with zero attached hydrogens (tertiary/aromatic N) is 1. The molecule has 2 aromatic rings. The zero-order valence-electron chi connectivity index (χ0n) is 18.8. The van der Waals surface area contributed by atoms with E-state index in [1.54, 1.807) is 24.1 Å². The summed E-state index contributed by atoms with van der Waals surface area (Å²) in [6.07, 6.45) is 1.85. The van der Waals surface area contributed by atoms with E-state index in [9.17, 15) is 14.4 Å². The number of unbranched alkanes of at least 4 members (excludes halogenated alkanes) is 1. The van der Waals surface area contributed by atoms with E-state index in [2.05, 4.69) is 12.2 Å². The number of likely N-dealkylation sites (tertiary alicyclic amines) is 1. The zero-order valence-corrected chi connectivity index (χ0v) is 18.8. The van der Waals surface area contributed by atoms with Gasteiger partial charge < -0.3 is 19.7 Å². The third-order valence-corrected chi connectivity index (χ3v) is 5.63. The molecule has 2 amide bonds. The molecule has 0 aromatic heterocycles. The van der Waals surface area contributed by atoms with Crippen LogP contribution in [0.3, 0.4) is 0 Å². The van der Waals surface area contributed by atoms with Crippen LogP contribution in [-0.4, -0.2) is 42.9 Å². The fourth-order valence-electron chi connectivity index (χ4n) is 3.88. The summed E-state index contributed by atoms with van der Waals surface area (Å²) < 4.78 is 10.5. The van der Waals surface area contributed by atoms with E-state index in [0.29, 0.717) is 18.0 Å². The molecule has 7 heteroatoms. The third kappa shape index (κ3) is 5.66. The van der Waals surface area contributed by atoms with E-state index in [4.69, 9.17) is 9.47 Å². The van der Waals surface area contributed by atoms with Crippen LogP contribution in [0.2, 0.25) is 0 Å². The molecule has 0 aliphatic carbocycles. The Morgan fingerprint density at radius 3 is 2.41 bits per heavy atom. The number of benzene rings is 2. The number of rotatable bonds is 9.